The minimum atomic E-state index is -2.73. The van der Waals surface area contributed by atoms with Gasteiger partial charge in [-0.05, 0) is 83.5 Å². The van der Waals surface area contributed by atoms with Crippen LogP contribution in [0.25, 0.3) is 17.0 Å². The zero-order valence-electron chi connectivity index (χ0n) is 24.0. The minimum absolute atomic E-state index is 0.0135. The standard InChI is InChI=1S/C30H35N3O9/c1-29(2,3)42-28(40)33-10-6-7-17(33)14-8-9-18(34)20-15(14)11-13-12-16-22(32(4)5)24(36)21(27(31)39)26(38)30(16,41)25(37)19(13)23(20)35/h6-10,13,16,21-22,24,34-36,41H,11-12H2,1-5H3,(H2,31,39)/t13-,16-,21?,22-,24?,30-/m1/s1. The van der Waals surface area contributed by atoms with E-state index in [1.54, 1.807) is 53.1 Å². The lowest BCUT2D eigenvalue weighted by Gasteiger charge is -2.53. The van der Waals surface area contributed by atoms with E-state index in [0.717, 1.165) is 0 Å². The third-order valence-electron chi connectivity index (χ3n) is 8.59. The van der Waals surface area contributed by atoms with E-state index >= 15 is 0 Å². The molecular weight excluding hydrogens is 546 g/mol. The quantitative estimate of drug-likeness (QED) is 0.331. The molecule has 6 N–H and O–H groups in total. The second kappa shape index (κ2) is 9.79. The number of phenols is 1. The predicted octanol–water partition coefficient (Wildman–Crippen LogP) is 1.38. The Labute approximate surface area is 242 Å². The molecule has 2 saturated carbocycles. The third kappa shape index (κ3) is 4.24. The normalized spacial score (nSPS) is 29.2. The molecule has 12 heteroatoms. The van der Waals surface area contributed by atoms with E-state index in [9.17, 15) is 39.6 Å². The van der Waals surface area contributed by atoms with Crippen molar-refractivity contribution in [2.24, 2.45) is 23.5 Å². The number of primary amides is 1. The number of fused-ring (bicyclic) bond motifs is 3. The number of nitrogens with zero attached hydrogens (tertiary/aromatic N) is 2. The van der Waals surface area contributed by atoms with Crippen LogP contribution in [-0.4, -0.2) is 90.9 Å². The van der Waals surface area contributed by atoms with E-state index in [1.807, 2.05) is 0 Å². The van der Waals surface area contributed by atoms with Gasteiger partial charge in [-0.1, -0.05) is 0 Å². The van der Waals surface area contributed by atoms with Crippen LogP contribution in [0.3, 0.4) is 0 Å². The monoisotopic (exact) mass is 581 g/mol. The molecule has 3 aliphatic rings. The average Bonchev–Trinajstić information content (AvgIpc) is 3.35. The Kier molecular flexibility index (Phi) is 6.87. The maximum atomic E-state index is 14.0. The van der Waals surface area contributed by atoms with Gasteiger partial charge in [-0.3, -0.25) is 19.0 Å². The average molecular weight is 582 g/mol. The van der Waals surface area contributed by atoms with Crippen molar-refractivity contribution in [2.75, 3.05) is 14.1 Å². The van der Waals surface area contributed by atoms with Crippen molar-refractivity contribution in [3.63, 3.8) is 0 Å². The molecule has 0 radical (unpaired) electrons. The maximum absolute atomic E-state index is 14.0. The van der Waals surface area contributed by atoms with Crippen LogP contribution in [0.2, 0.25) is 0 Å². The molecule has 42 heavy (non-hydrogen) atoms. The second-order valence-corrected chi connectivity index (χ2v) is 12.5. The molecule has 2 fully saturated rings. The maximum Gasteiger partial charge on any atom is 0.418 e. The van der Waals surface area contributed by atoms with E-state index in [1.165, 1.54) is 21.7 Å². The highest BCUT2D eigenvalue weighted by atomic mass is 16.6. The van der Waals surface area contributed by atoms with E-state index in [-0.39, 0.29) is 29.7 Å². The second-order valence-electron chi connectivity index (χ2n) is 12.5. The number of rotatable bonds is 3. The number of ketones is 2. The first kappa shape index (κ1) is 29.5. The van der Waals surface area contributed by atoms with Crippen LogP contribution in [0.4, 0.5) is 4.79 Å². The summed E-state index contributed by atoms with van der Waals surface area (Å²) in [5.74, 6) is -8.13. The van der Waals surface area contributed by atoms with Crippen molar-refractivity contribution >= 4 is 29.3 Å². The fourth-order valence-electron chi connectivity index (χ4n) is 6.92. The van der Waals surface area contributed by atoms with Gasteiger partial charge >= 0.3 is 6.09 Å². The van der Waals surface area contributed by atoms with E-state index < -0.39 is 70.4 Å². The van der Waals surface area contributed by atoms with Gasteiger partial charge in [0.15, 0.2) is 11.4 Å². The van der Waals surface area contributed by atoms with Gasteiger partial charge in [0.05, 0.1) is 17.4 Å². The van der Waals surface area contributed by atoms with Crippen LogP contribution in [0, 0.1) is 17.8 Å². The van der Waals surface area contributed by atoms with E-state index in [4.69, 9.17) is 10.5 Å². The molecular formula is C30H35N3O9. The number of aromatic nitrogens is 1. The number of hydrogen-bond acceptors (Lipinski definition) is 10. The van der Waals surface area contributed by atoms with Crippen molar-refractivity contribution in [1.82, 2.24) is 9.47 Å². The number of carbonyl (C=O) groups is 4. The summed E-state index contributed by atoms with van der Waals surface area (Å²) in [5.41, 5.74) is 2.98. The molecule has 5 rings (SSSR count). The summed E-state index contributed by atoms with van der Waals surface area (Å²) in [6, 6.07) is 5.25. The topological polar surface area (TPSA) is 193 Å². The molecule has 3 aliphatic carbocycles. The summed E-state index contributed by atoms with van der Waals surface area (Å²) in [6.07, 6.45) is -0.593. The fourth-order valence-corrected chi connectivity index (χ4v) is 6.92. The lowest BCUT2D eigenvalue weighted by Crippen LogP contribution is -2.73. The third-order valence-corrected chi connectivity index (χ3v) is 8.59. The number of amides is 1. The van der Waals surface area contributed by atoms with E-state index in [2.05, 4.69) is 0 Å². The molecule has 2 aromatic rings. The molecule has 2 unspecified atom stereocenters. The first-order valence-electron chi connectivity index (χ1n) is 13.6. The number of aliphatic hydroxyl groups is 3. The number of aliphatic hydroxyl groups excluding tert-OH is 2. The summed E-state index contributed by atoms with van der Waals surface area (Å²) >= 11 is 0. The SMILES string of the molecule is CN(C)[C@H]1C(O)C(C(N)=O)C(=O)[C@]2(O)C(=O)C3=C(O)c4c(O)ccc(-c5cccn5C(=O)OC(C)(C)C)c4C[C@@H]3C[C@H]12. The van der Waals surface area contributed by atoms with Crippen LogP contribution >= 0.6 is 0 Å². The molecule has 1 heterocycles. The van der Waals surface area contributed by atoms with Crippen molar-refractivity contribution in [1.29, 1.82) is 0 Å². The van der Waals surface area contributed by atoms with Crippen LogP contribution < -0.4 is 5.73 Å². The smallest absolute Gasteiger partial charge is 0.418 e. The minimum Gasteiger partial charge on any atom is -0.507 e. The number of aromatic hydroxyl groups is 1. The molecule has 6 atom stereocenters. The van der Waals surface area contributed by atoms with Gasteiger partial charge in [0.1, 0.15) is 23.0 Å². The number of hydrogen-bond donors (Lipinski definition) is 5. The Bertz CT molecular complexity index is 1550. The number of nitrogens with two attached hydrogens (primary N) is 1. The number of ether oxygens (including phenoxy) is 1. The highest BCUT2D eigenvalue weighted by Crippen LogP contribution is 2.53. The highest BCUT2D eigenvalue weighted by molar-refractivity contribution is 6.25. The van der Waals surface area contributed by atoms with Crippen LogP contribution in [0.5, 0.6) is 5.75 Å². The van der Waals surface area contributed by atoms with Gasteiger partial charge in [-0.15, -0.1) is 0 Å². The molecule has 1 aromatic carbocycles. The summed E-state index contributed by atoms with van der Waals surface area (Å²) < 4.78 is 6.84. The van der Waals surface area contributed by atoms with Gasteiger partial charge in [-0.2, -0.15) is 0 Å². The molecule has 1 aromatic heterocycles. The van der Waals surface area contributed by atoms with Gasteiger partial charge in [0.25, 0.3) is 0 Å². The van der Waals surface area contributed by atoms with Gasteiger partial charge < -0.3 is 35.8 Å². The van der Waals surface area contributed by atoms with Crippen molar-refractivity contribution in [3.8, 4) is 17.0 Å². The lowest BCUT2D eigenvalue weighted by atomic mass is 9.54. The number of likely N-dealkylation sites (N-methyl/N-ethyl adjacent to an activating group) is 1. The summed E-state index contributed by atoms with van der Waals surface area (Å²) in [5, 5.41) is 45.1. The Balaban J connectivity index is 1.67. The number of Topliss-reactive ketones (excluding diaryl/α,β-unsaturated/α-hetero) is 2. The Morgan fingerprint density at radius 2 is 1.81 bits per heavy atom. The Hall–Kier alpha value is -4.00. The van der Waals surface area contributed by atoms with Crippen molar-refractivity contribution < 1.29 is 44.3 Å². The Morgan fingerprint density at radius 3 is 2.40 bits per heavy atom. The van der Waals surface area contributed by atoms with Gasteiger partial charge in [0.2, 0.25) is 11.7 Å². The first-order chi connectivity index (χ1) is 19.5. The first-order valence-corrected chi connectivity index (χ1v) is 13.6. The largest absolute Gasteiger partial charge is 0.507 e. The molecule has 0 bridgehead atoms. The molecule has 12 nitrogen and oxygen atoms in total. The van der Waals surface area contributed by atoms with E-state index in [0.29, 0.717) is 16.8 Å². The van der Waals surface area contributed by atoms with Crippen LogP contribution in [0.1, 0.15) is 38.3 Å². The Morgan fingerprint density at radius 1 is 1.14 bits per heavy atom. The summed E-state index contributed by atoms with van der Waals surface area (Å²) in [4.78, 5) is 54.2. The highest BCUT2D eigenvalue weighted by Gasteiger charge is 2.67. The molecule has 0 spiro atoms. The van der Waals surface area contributed by atoms with Crippen LogP contribution in [-0.2, 0) is 25.5 Å². The number of benzene rings is 1. The van der Waals surface area contributed by atoms with Crippen LogP contribution in [0.15, 0.2) is 36.0 Å². The van der Waals surface area contributed by atoms with Gasteiger partial charge in [0, 0.05) is 29.3 Å². The fraction of sp³-hybridized carbons (Fsp3) is 0.467. The summed E-state index contributed by atoms with van der Waals surface area (Å²) in [6.45, 7) is 5.21. The number of phenolic OH excluding ortho intramolecular Hbond substituents is 1. The molecule has 0 saturated heterocycles. The number of carbonyl (C=O) groups excluding carboxylic acids is 4. The van der Waals surface area contributed by atoms with Crippen molar-refractivity contribution in [3.05, 3.63) is 47.2 Å². The van der Waals surface area contributed by atoms with Crippen molar-refractivity contribution in [2.45, 2.75) is 57.0 Å². The molecule has 224 valence electrons. The molecule has 0 aliphatic heterocycles. The zero-order valence-corrected chi connectivity index (χ0v) is 24.0. The lowest BCUT2D eigenvalue weighted by molar-refractivity contribution is -0.184. The van der Waals surface area contributed by atoms with Gasteiger partial charge in [-0.25, -0.2) is 4.79 Å². The summed E-state index contributed by atoms with van der Waals surface area (Å²) in [7, 11) is 3.18. The zero-order chi connectivity index (χ0) is 31.0. The predicted molar refractivity (Wildman–Crippen MR) is 149 cm³/mol. The molecule has 1 amide bonds.